The van der Waals surface area contributed by atoms with Crippen molar-refractivity contribution in [3.05, 3.63) is 35.4 Å². The first-order valence-corrected chi connectivity index (χ1v) is 8.64. The van der Waals surface area contributed by atoms with E-state index in [4.69, 9.17) is 9.47 Å². The Morgan fingerprint density at radius 2 is 2.04 bits per heavy atom. The lowest BCUT2D eigenvalue weighted by Gasteiger charge is -2.27. The van der Waals surface area contributed by atoms with Crippen LogP contribution >= 0.6 is 0 Å². The highest BCUT2D eigenvalue weighted by Crippen LogP contribution is 2.44. The predicted molar refractivity (Wildman–Crippen MR) is 89.2 cm³/mol. The van der Waals surface area contributed by atoms with Crippen LogP contribution in [0.2, 0.25) is 0 Å². The summed E-state index contributed by atoms with van der Waals surface area (Å²) >= 11 is 0. The number of alkyl carbamates (subject to hydrolysis) is 1. The summed E-state index contributed by atoms with van der Waals surface area (Å²) in [5.74, 6) is 1.46. The molecule has 1 aromatic rings. The molecule has 23 heavy (non-hydrogen) atoms. The van der Waals surface area contributed by atoms with E-state index in [-0.39, 0.29) is 18.3 Å². The molecule has 3 rings (SSSR count). The van der Waals surface area contributed by atoms with E-state index in [9.17, 15) is 4.79 Å². The fourth-order valence-electron chi connectivity index (χ4n) is 4.32. The SMILES string of the molecule is COC(c1ccccc1C)C(C)OC(=O)NC1CC2CCC1C2. The van der Waals surface area contributed by atoms with Gasteiger partial charge in [-0.15, -0.1) is 0 Å². The van der Waals surface area contributed by atoms with E-state index in [0.717, 1.165) is 23.5 Å². The Morgan fingerprint density at radius 1 is 1.26 bits per heavy atom. The van der Waals surface area contributed by atoms with Crippen molar-refractivity contribution in [3.8, 4) is 0 Å². The lowest BCUT2D eigenvalue weighted by atomic mass is 9.96. The summed E-state index contributed by atoms with van der Waals surface area (Å²) in [6.45, 7) is 3.93. The van der Waals surface area contributed by atoms with Crippen LogP contribution in [0.15, 0.2) is 24.3 Å². The molecule has 2 fully saturated rings. The third-order valence-electron chi connectivity index (χ3n) is 5.51. The van der Waals surface area contributed by atoms with Crippen LogP contribution in [-0.4, -0.2) is 25.3 Å². The van der Waals surface area contributed by atoms with Gasteiger partial charge in [0.25, 0.3) is 0 Å². The van der Waals surface area contributed by atoms with Crippen molar-refractivity contribution >= 4 is 6.09 Å². The van der Waals surface area contributed by atoms with E-state index in [2.05, 4.69) is 5.32 Å². The zero-order valence-corrected chi connectivity index (χ0v) is 14.2. The first kappa shape index (κ1) is 16.3. The topological polar surface area (TPSA) is 47.6 Å². The van der Waals surface area contributed by atoms with E-state index in [0.29, 0.717) is 12.0 Å². The largest absolute Gasteiger partial charge is 0.443 e. The number of carbonyl (C=O) groups excluding carboxylic acids is 1. The van der Waals surface area contributed by atoms with Crippen LogP contribution in [0, 0.1) is 18.8 Å². The number of ether oxygens (including phenoxy) is 2. The maximum absolute atomic E-state index is 12.2. The molecule has 4 nitrogen and oxygen atoms in total. The molecule has 2 bridgehead atoms. The first-order valence-electron chi connectivity index (χ1n) is 8.64. The molecule has 0 heterocycles. The zero-order valence-electron chi connectivity index (χ0n) is 14.2. The number of methoxy groups -OCH3 is 1. The number of carbonyl (C=O) groups is 1. The lowest BCUT2D eigenvalue weighted by Crippen LogP contribution is -2.40. The Balaban J connectivity index is 1.57. The Kier molecular flexibility index (Phi) is 4.90. The average Bonchev–Trinajstić information content (AvgIpc) is 3.12. The van der Waals surface area contributed by atoms with Gasteiger partial charge in [0.1, 0.15) is 12.2 Å². The van der Waals surface area contributed by atoms with Crippen molar-refractivity contribution < 1.29 is 14.3 Å². The van der Waals surface area contributed by atoms with E-state index >= 15 is 0 Å². The molecule has 0 aromatic heterocycles. The van der Waals surface area contributed by atoms with Crippen LogP contribution in [0.5, 0.6) is 0 Å². The molecule has 126 valence electrons. The van der Waals surface area contributed by atoms with Gasteiger partial charge in [0.05, 0.1) is 0 Å². The predicted octanol–water partition coefficient (Wildman–Crippen LogP) is 3.99. The molecule has 5 unspecified atom stereocenters. The summed E-state index contributed by atoms with van der Waals surface area (Å²) in [7, 11) is 1.66. The number of benzene rings is 1. The van der Waals surface area contributed by atoms with Gasteiger partial charge in [-0.25, -0.2) is 4.79 Å². The number of hydrogen-bond donors (Lipinski definition) is 1. The number of fused-ring (bicyclic) bond motifs is 2. The average molecular weight is 317 g/mol. The van der Waals surface area contributed by atoms with Crippen molar-refractivity contribution in [1.82, 2.24) is 5.32 Å². The number of rotatable bonds is 5. The molecule has 0 spiro atoms. The van der Waals surface area contributed by atoms with E-state index in [1.165, 1.54) is 19.3 Å². The maximum Gasteiger partial charge on any atom is 0.407 e. The molecule has 2 aliphatic rings. The summed E-state index contributed by atoms with van der Waals surface area (Å²) in [4.78, 5) is 12.2. The fraction of sp³-hybridized carbons (Fsp3) is 0.632. The molecule has 4 heteroatoms. The summed E-state index contributed by atoms with van der Waals surface area (Å²) < 4.78 is 11.2. The highest BCUT2D eigenvalue weighted by atomic mass is 16.6. The van der Waals surface area contributed by atoms with Crippen molar-refractivity contribution in [2.45, 2.75) is 57.8 Å². The van der Waals surface area contributed by atoms with Crippen molar-refractivity contribution in [1.29, 1.82) is 0 Å². The number of nitrogens with one attached hydrogen (secondary N) is 1. The maximum atomic E-state index is 12.2. The molecule has 2 aliphatic carbocycles. The van der Waals surface area contributed by atoms with Crippen LogP contribution in [-0.2, 0) is 9.47 Å². The summed E-state index contributed by atoms with van der Waals surface area (Å²) in [6.07, 6.45) is 4.05. The highest BCUT2D eigenvalue weighted by molar-refractivity contribution is 5.68. The monoisotopic (exact) mass is 317 g/mol. The van der Waals surface area contributed by atoms with Crippen LogP contribution < -0.4 is 5.32 Å². The van der Waals surface area contributed by atoms with Gasteiger partial charge in [-0.1, -0.05) is 30.7 Å². The van der Waals surface area contributed by atoms with Crippen molar-refractivity contribution in [2.24, 2.45) is 11.8 Å². The molecule has 1 aromatic carbocycles. The van der Waals surface area contributed by atoms with Gasteiger partial charge >= 0.3 is 6.09 Å². The Labute approximate surface area is 138 Å². The normalized spacial score (nSPS) is 28.4. The van der Waals surface area contributed by atoms with Crippen LogP contribution in [0.3, 0.4) is 0 Å². The second-order valence-electron chi connectivity index (χ2n) is 7.05. The third kappa shape index (κ3) is 3.52. The number of aryl methyl sites for hydroxylation is 1. The standard InChI is InChI=1S/C19H27NO3/c1-12-6-4-5-7-16(12)18(22-3)13(2)23-19(21)20-17-11-14-8-9-15(17)10-14/h4-7,13-15,17-18H,8-11H2,1-3H3,(H,20,21). The van der Waals surface area contributed by atoms with E-state index in [1.54, 1.807) is 7.11 Å². The van der Waals surface area contributed by atoms with Gasteiger partial charge in [0.15, 0.2) is 0 Å². The van der Waals surface area contributed by atoms with Gasteiger partial charge in [-0.3, -0.25) is 0 Å². The summed E-state index contributed by atoms with van der Waals surface area (Å²) in [6, 6.07) is 8.35. The van der Waals surface area contributed by atoms with Crippen LogP contribution in [0.4, 0.5) is 4.79 Å². The molecule has 0 radical (unpaired) electrons. The van der Waals surface area contributed by atoms with Crippen LogP contribution in [0.25, 0.3) is 0 Å². The second kappa shape index (κ2) is 6.91. The Morgan fingerprint density at radius 3 is 2.65 bits per heavy atom. The second-order valence-corrected chi connectivity index (χ2v) is 7.05. The minimum Gasteiger partial charge on any atom is -0.443 e. The summed E-state index contributed by atoms with van der Waals surface area (Å²) in [5, 5.41) is 3.07. The molecule has 0 saturated heterocycles. The molecule has 1 N–H and O–H groups in total. The van der Waals surface area contributed by atoms with Gasteiger partial charge in [-0.05, 0) is 56.1 Å². The molecular formula is C19H27NO3. The number of amides is 1. The van der Waals surface area contributed by atoms with Crippen LogP contribution in [0.1, 0.15) is 49.8 Å². The Hall–Kier alpha value is -1.55. The van der Waals surface area contributed by atoms with Crippen molar-refractivity contribution in [2.75, 3.05) is 7.11 Å². The quantitative estimate of drug-likeness (QED) is 0.893. The highest BCUT2D eigenvalue weighted by Gasteiger charge is 2.40. The molecular weight excluding hydrogens is 290 g/mol. The van der Waals surface area contributed by atoms with E-state index in [1.807, 2.05) is 38.1 Å². The smallest absolute Gasteiger partial charge is 0.407 e. The van der Waals surface area contributed by atoms with Gasteiger partial charge in [0.2, 0.25) is 0 Å². The summed E-state index contributed by atoms with van der Waals surface area (Å²) in [5.41, 5.74) is 2.21. The first-order chi connectivity index (χ1) is 11.1. The molecule has 5 atom stereocenters. The molecule has 0 aliphatic heterocycles. The minimum absolute atomic E-state index is 0.248. The van der Waals surface area contributed by atoms with E-state index < -0.39 is 0 Å². The fourth-order valence-corrected chi connectivity index (χ4v) is 4.32. The van der Waals surface area contributed by atoms with Gasteiger partial charge < -0.3 is 14.8 Å². The molecule has 1 amide bonds. The number of hydrogen-bond acceptors (Lipinski definition) is 3. The Bertz CT molecular complexity index is 559. The van der Waals surface area contributed by atoms with Gasteiger partial charge in [-0.2, -0.15) is 0 Å². The minimum atomic E-state index is -0.334. The zero-order chi connectivity index (χ0) is 16.4. The third-order valence-corrected chi connectivity index (χ3v) is 5.51. The lowest BCUT2D eigenvalue weighted by molar-refractivity contribution is -0.0164. The van der Waals surface area contributed by atoms with Crippen molar-refractivity contribution in [3.63, 3.8) is 0 Å². The molecule has 2 saturated carbocycles. The van der Waals surface area contributed by atoms with Gasteiger partial charge in [0, 0.05) is 13.2 Å².